The largest absolute Gasteiger partial charge is 0.490 e. The van der Waals surface area contributed by atoms with Crippen molar-refractivity contribution in [3.63, 3.8) is 0 Å². The fourth-order valence-corrected chi connectivity index (χ4v) is 4.77. The van der Waals surface area contributed by atoms with Gasteiger partial charge in [0.2, 0.25) is 0 Å². The van der Waals surface area contributed by atoms with Gasteiger partial charge in [0.25, 0.3) is 11.8 Å². The first-order valence-corrected chi connectivity index (χ1v) is 11.4. The van der Waals surface area contributed by atoms with E-state index in [9.17, 15) is 9.59 Å². The lowest BCUT2D eigenvalue weighted by Gasteiger charge is -2.27. The topological polar surface area (TPSA) is 68.3 Å². The summed E-state index contributed by atoms with van der Waals surface area (Å²) in [6.07, 6.45) is 1.79. The number of rotatable bonds is 6. The molecule has 2 aliphatic heterocycles. The van der Waals surface area contributed by atoms with E-state index in [4.69, 9.17) is 26.4 Å². The molecule has 0 N–H and O–H groups in total. The van der Waals surface area contributed by atoms with Gasteiger partial charge in [0.1, 0.15) is 4.32 Å². The number of thiocarbonyl (C=S) groups is 1. The molecule has 2 amide bonds. The number of carbonyl (C=O) groups excluding carboxylic acids is 2. The van der Waals surface area contributed by atoms with Gasteiger partial charge in [0.05, 0.1) is 28.3 Å². The summed E-state index contributed by atoms with van der Waals surface area (Å²) < 4.78 is 18.2. The van der Waals surface area contributed by atoms with Crippen molar-refractivity contribution in [2.45, 2.75) is 6.92 Å². The van der Waals surface area contributed by atoms with Gasteiger partial charge < -0.3 is 19.1 Å². The van der Waals surface area contributed by atoms with Crippen LogP contribution in [0.3, 0.4) is 0 Å². The molecule has 156 valence electrons. The Kier molecular flexibility index (Phi) is 7.77. The van der Waals surface area contributed by atoms with E-state index < -0.39 is 0 Å². The van der Waals surface area contributed by atoms with Crippen LogP contribution in [0.2, 0.25) is 0 Å². The van der Waals surface area contributed by atoms with Crippen LogP contribution in [0.5, 0.6) is 11.5 Å². The van der Waals surface area contributed by atoms with E-state index >= 15 is 0 Å². The summed E-state index contributed by atoms with van der Waals surface area (Å²) in [5.41, 5.74) is 0.804. The third-order valence-corrected chi connectivity index (χ3v) is 6.61. The van der Waals surface area contributed by atoms with E-state index in [1.807, 2.05) is 19.1 Å². The molecule has 1 aromatic carbocycles. The predicted octanol–water partition coefficient (Wildman–Crippen LogP) is 2.76. The van der Waals surface area contributed by atoms with Crippen LogP contribution in [0.25, 0.3) is 6.08 Å². The highest BCUT2D eigenvalue weighted by molar-refractivity contribution is 14.1. The van der Waals surface area contributed by atoms with Gasteiger partial charge in [-0.25, -0.2) is 0 Å². The Bertz CT molecular complexity index is 855. The molecule has 2 aliphatic rings. The number of carbonyl (C=O) groups is 2. The number of benzene rings is 1. The van der Waals surface area contributed by atoms with Crippen molar-refractivity contribution in [1.29, 1.82) is 0 Å². The molecule has 29 heavy (non-hydrogen) atoms. The molecule has 0 bridgehead atoms. The third-order valence-electron chi connectivity index (χ3n) is 4.32. The Balaban J connectivity index is 1.78. The zero-order chi connectivity index (χ0) is 21.0. The average Bonchev–Trinajstić information content (AvgIpc) is 2.94. The fraction of sp³-hybridized carbons (Fsp3) is 0.421. The summed E-state index contributed by atoms with van der Waals surface area (Å²) >= 11 is 8.59. The lowest BCUT2D eigenvalue weighted by atomic mass is 10.2. The molecule has 0 atom stereocenters. The van der Waals surface area contributed by atoms with Crippen LogP contribution in [0, 0.1) is 3.57 Å². The zero-order valence-corrected chi connectivity index (χ0v) is 19.9. The Hall–Kier alpha value is -1.37. The van der Waals surface area contributed by atoms with Crippen molar-refractivity contribution in [2.24, 2.45) is 0 Å². The number of likely N-dealkylation sites (N-methyl/N-ethyl adjacent to an activating group) is 1. The minimum Gasteiger partial charge on any atom is -0.490 e. The van der Waals surface area contributed by atoms with Gasteiger partial charge in [-0.3, -0.25) is 14.5 Å². The van der Waals surface area contributed by atoms with Gasteiger partial charge in [-0.15, -0.1) is 0 Å². The third kappa shape index (κ3) is 5.41. The number of hydrogen-bond donors (Lipinski definition) is 0. The maximum Gasteiger partial charge on any atom is 0.265 e. The number of ether oxygens (including phenoxy) is 3. The number of hydrogen-bond acceptors (Lipinski definition) is 7. The Labute approximate surface area is 192 Å². The molecule has 3 rings (SSSR count). The van der Waals surface area contributed by atoms with Crippen LogP contribution in [0.4, 0.5) is 0 Å². The normalized spacial score (nSPS) is 18.5. The quantitative estimate of drug-likeness (QED) is 0.308. The summed E-state index contributed by atoms with van der Waals surface area (Å²) in [6, 6.07) is 3.70. The van der Waals surface area contributed by atoms with Crippen LogP contribution in [0.15, 0.2) is 17.0 Å². The van der Waals surface area contributed by atoms with Gasteiger partial charge in [0.15, 0.2) is 18.1 Å². The number of halogens is 1. The molecule has 2 fully saturated rings. The van der Waals surface area contributed by atoms with Gasteiger partial charge in [-0.1, -0.05) is 24.0 Å². The van der Waals surface area contributed by atoms with E-state index in [0.29, 0.717) is 53.6 Å². The maximum atomic E-state index is 12.4. The zero-order valence-electron chi connectivity index (χ0n) is 16.1. The molecule has 0 saturated carbocycles. The van der Waals surface area contributed by atoms with Crippen LogP contribution < -0.4 is 9.47 Å². The molecule has 2 heterocycles. The molecule has 0 radical (unpaired) electrons. The average molecular weight is 548 g/mol. The molecular formula is C19H21IN2O5S2. The van der Waals surface area contributed by atoms with Crippen molar-refractivity contribution in [1.82, 2.24) is 9.80 Å². The van der Waals surface area contributed by atoms with E-state index in [-0.39, 0.29) is 18.4 Å². The van der Waals surface area contributed by atoms with E-state index in [1.165, 1.54) is 16.7 Å². The maximum absolute atomic E-state index is 12.4. The second-order valence-electron chi connectivity index (χ2n) is 6.29. The summed E-state index contributed by atoms with van der Waals surface area (Å²) in [5.74, 6) is 0.855. The molecule has 2 saturated heterocycles. The minimum absolute atomic E-state index is 0.0656. The summed E-state index contributed by atoms with van der Waals surface area (Å²) in [6.45, 7) is 4.51. The van der Waals surface area contributed by atoms with Crippen LogP contribution in [-0.4, -0.2) is 72.5 Å². The molecule has 0 spiro atoms. The SMILES string of the molecule is CCOc1cc(/C=C2\SC(=S)N(C)C2=O)cc(I)c1OCC(=O)N1CCOCC1. The molecular weight excluding hydrogens is 527 g/mol. The number of morpholine rings is 1. The van der Waals surface area contributed by atoms with Crippen molar-refractivity contribution < 1.29 is 23.8 Å². The molecule has 7 nitrogen and oxygen atoms in total. The lowest BCUT2D eigenvalue weighted by molar-refractivity contribution is -0.137. The Morgan fingerprint density at radius 2 is 2.07 bits per heavy atom. The first-order valence-electron chi connectivity index (χ1n) is 9.07. The van der Waals surface area contributed by atoms with E-state index in [1.54, 1.807) is 18.0 Å². The van der Waals surface area contributed by atoms with Crippen molar-refractivity contribution >= 4 is 68.8 Å². The van der Waals surface area contributed by atoms with Crippen molar-refractivity contribution in [2.75, 3.05) is 46.6 Å². The molecule has 10 heteroatoms. The summed E-state index contributed by atoms with van der Waals surface area (Å²) in [5, 5.41) is 0. The monoisotopic (exact) mass is 548 g/mol. The lowest BCUT2D eigenvalue weighted by Crippen LogP contribution is -2.43. The highest BCUT2D eigenvalue weighted by Crippen LogP contribution is 2.37. The standard InChI is InChI=1S/C19H21IN2O5S2/c1-3-26-14-9-12(10-15-18(24)21(2)19(28)29-15)8-13(20)17(14)27-11-16(23)22-4-6-25-7-5-22/h8-10H,3-7,11H2,1-2H3/b15-10-. The first-order chi connectivity index (χ1) is 13.9. The van der Waals surface area contributed by atoms with Crippen LogP contribution in [0.1, 0.15) is 12.5 Å². The summed E-state index contributed by atoms with van der Waals surface area (Å²) in [7, 11) is 1.66. The Morgan fingerprint density at radius 1 is 1.34 bits per heavy atom. The highest BCUT2D eigenvalue weighted by atomic mass is 127. The fourth-order valence-electron chi connectivity index (χ4n) is 2.81. The van der Waals surface area contributed by atoms with Crippen LogP contribution in [-0.2, 0) is 14.3 Å². The predicted molar refractivity (Wildman–Crippen MR) is 124 cm³/mol. The van der Waals surface area contributed by atoms with E-state index in [0.717, 1.165) is 9.13 Å². The van der Waals surface area contributed by atoms with Gasteiger partial charge in [-0.2, -0.15) is 0 Å². The Morgan fingerprint density at radius 3 is 2.69 bits per heavy atom. The van der Waals surface area contributed by atoms with Crippen molar-refractivity contribution in [3.05, 3.63) is 26.2 Å². The molecule has 1 aromatic rings. The second kappa shape index (κ2) is 10.1. The smallest absolute Gasteiger partial charge is 0.265 e. The number of amides is 2. The van der Waals surface area contributed by atoms with Crippen molar-refractivity contribution in [3.8, 4) is 11.5 Å². The van der Waals surface area contributed by atoms with Crippen LogP contribution >= 0.6 is 46.6 Å². The van der Waals surface area contributed by atoms with Gasteiger partial charge in [-0.05, 0) is 53.3 Å². The minimum atomic E-state index is -0.121. The van der Waals surface area contributed by atoms with E-state index in [2.05, 4.69) is 22.6 Å². The number of nitrogens with zero attached hydrogens (tertiary/aromatic N) is 2. The molecule has 0 unspecified atom stereocenters. The highest BCUT2D eigenvalue weighted by Gasteiger charge is 2.29. The summed E-state index contributed by atoms with van der Waals surface area (Å²) in [4.78, 5) is 28.4. The van der Waals surface area contributed by atoms with Gasteiger partial charge in [0, 0.05) is 20.1 Å². The first kappa shape index (κ1) is 22.3. The second-order valence-corrected chi connectivity index (χ2v) is 9.12. The number of thioether (sulfide) groups is 1. The van der Waals surface area contributed by atoms with Gasteiger partial charge >= 0.3 is 0 Å². The molecule has 0 aliphatic carbocycles. The molecule has 0 aromatic heterocycles.